The fourth-order valence-electron chi connectivity index (χ4n) is 6.01. The lowest BCUT2D eigenvalue weighted by Gasteiger charge is -2.25. The van der Waals surface area contributed by atoms with Crippen molar-refractivity contribution in [3.8, 4) is 0 Å². The first-order valence-corrected chi connectivity index (χ1v) is 22.5. The van der Waals surface area contributed by atoms with Crippen molar-refractivity contribution in [2.75, 3.05) is 29.5 Å². The van der Waals surface area contributed by atoms with Gasteiger partial charge in [0.25, 0.3) is 0 Å². The number of halogens is 6. The highest BCUT2D eigenvalue weighted by molar-refractivity contribution is 9.10. The van der Waals surface area contributed by atoms with Crippen molar-refractivity contribution in [2.45, 2.75) is 71.9 Å². The van der Waals surface area contributed by atoms with Crippen LogP contribution in [0, 0.1) is 11.6 Å². The Kier molecular flexibility index (Phi) is 22.1. The number of aromatic nitrogens is 10. The van der Waals surface area contributed by atoms with Crippen molar-refractivity contribution in [3.63, 3.8) is 0 Å². The lowest BCUT2D eigenvalue weighted by atomic mass is 9.87. The van der Waals surface area contributed by atoms with Gasteiger partial charge < -0.3 is 51.8 Å². The molecule has 21 heteroatoms. The summed E-state index contributed by atoms with van der Waals surface area (Å²) in [4.78, 5) is 26.0. The van der Waals surface area contributed by atoms with Crippen LogP contribution in [0.25, 0.3) is 11.0 Å². The van der Waals surface area contributed by atoms with Gasteiger partial charge in [0.1, 0.15) is 35.3 Å². The standard InChI is InChI=1S/2C12H13FN4.C10H13BrN4.C6H3BrClN3.C5H12.HI/c2*1-12(15,8-2-4-10(13)5-3-8)9-6-16-11(14)17-7-9;1-3-14(4-2)10-9-5-8(11)6-15(9)13-7-12-10;7-4-1-5-6(8)9-3-10-11(5)2-4;1-3-5-4-2;/h2*2-7H,15H2,1H3,(H2,14,16,17);5-7H,3-4H2,1-2H3;1-3H;3-5H2,1-2H3;1H/p-1/t2*12-;;;;/m00..../s1. The summed E-state index contributed by atoms with van der Waals surface area (Å²) in [5, 5.41) is 8.58. The van der Waals surface area contributed by atoms with E-state index in [2.05, 4.69) is 105 Å². The van der Waals surface area contributed by atoms with Gasteiger partial charge in [0, 0.05) is 70.3 Å². The van der Waals surface area contributed by atoms with Gasteiger partial charge in [0.15, 0.2) is 11.0 Å². The molecule has 0 saturated heterocycles. The van der Waals surface area contributed by atoms with Gasteiger partial charge in [-0.15, -0.1) is 0 Å². The maximum Gasteiger partial charge on any atom is 0.219 e. The van der Waals surface area contributed by atoms with Gasteiger partial charge in [-0.25, -0.2) is 47.7 Å². The van der Waals surface area contributed by atoms with Crippen molar-refractivity contribution in [1.29, 1.82) is 0 Å². The van der Waals surface area contributed by atoms with Crippen LogP contribution in [0.4, 0.5) is 26.5 Å². The molecule has 66 heavy (non-hydrogen) atoms. The van der Waals surface area contributed by atoms with Crippen LogP contribution in [-0.4, -0.2) is 62.2 Å². The normalized spacial score (nSPS) is 12.3. The van der Waals surface area contributed by atoms with Crippen molar-refractivity contribution < 1.29 is 32.8 Å². The Morgan fingerprint density at radius 2 is 0.985 bits per heavy atom. The van der Waals surface area contributed by atoms with Crippen LogP contribution >= 0.6 is 43.5 Å². The smallest absolute Gasteiger partial charge is 0.219 e. The van der Waals surface area contributed by atoms with E-state index < -0.39 is 11.1 Å². The number of anilines is 3. The average Bonchev–Trinajstić information content (AvgIpc) is 3.88. The molecule has 0 aliphatic carbocycles. The molecule has 0 radical (unpaired) electrons. The summed E-state index contributed by atoms with van der Waals surface area (Å²) in [5.41, 5.74) is 26.6. The summed E-state index contributed by atoms with van der Waals surface area (Å²) < 4.78 is 31.2. The number of unbranched alkanes of at least 4 members (excludes halogenated alkanes) is 2. The molecule has 6 heterocycles. The van der Waals surface area contributed by atoms with Crippen LogP contribution in [0.2, 0.25) is 5.15 Å². The minimum atomic E-state index is -0.776. The Hall–Kier alpha value is -5.00. The average molecular weight is 1170 g/mol. The third-order valence-corrected chi connectivity index (χ3v) is 11.0. The molecule has 0 unspecified atom stereocenters. The number of fused-ring (bicyclic) bond motifs is 2. The maximum atomic E-state index is 12.8. The quantitative estimate of drug-likeness (QED) is 0.113. The molecule has 0 fully saturated rings. The zero-order valence-electron chi connectivity index (χ0n) is 37.4. The molecule has 0 aliphatic rings. The highest BCUT2D eigenvalue weighted by atomic mass is 127. The van der Waals surface area contributed by atoms with Gasteiger partial charge in [-0.1, -0.05) is 69.0 Å². The number of nitrogens with zero attached hydrogens (tertiary/aromatic N) is 11. The molecule has 6 aromatic heterocycles. The van der Waals surface area contributed by atoms with Crippen molar-refractivity contribution in [1.82, 2.24) is 49.1 Å². The topological polar surface area (TPSA) is 219 Å². The van der Waals surface area contributed by atoms with Crippen LogP contribution in [0.5, 0.6) is 0 Å². The van der Waals surface area contributed by atoms with E-state index in [0.29, 0.717) is 5.15 Å². The number of nitrogens with two attached hydrogens (primary N) is 4. The van der Waals surface area contributed by atoms with Gasteiger partial charge in [-0.05, 0) is 107 Å². The minimum Gasteiger partial charge on any atom is -1.00 e. The lowest BCUT2D eigenvalue weighted by molar-refractivity contribution is -0.0000155. The molecular formula is C45H54Br2ClF2IN15-. The van der Waals surface area contributed by atoms with Gasteiger partial charge in [0.2, 0.25) is 11.9 Å². The van der Waals surface area contributed by atoms with Crippen LogP contribution < -0.4 is 51.8 Å². The van der Waals surface area contributed by atoms with Crippen LogP contribution in [0.15, 0.2) is 119 Å². The molecule has 0 amide bonds. The molecule has 0 spiro atoms. The van der Waals surface area contributed by atoms with Crippen molar-refractivity contribution in [2.24, 2.45) is 11.5 Å². The van der Waals surface area contributed by atoms with E-state index in [1.165, 1.54) is 49.9 Å². The van der Waals surface area contributed by atoms with E-state index in [9.17, 15) is 8.78 Å². The predicted octanol–water partition coefficient (Wildman–Crippen LogP) is 6.52. The molecule has 8 aromatic rings. The summed E-state index contributed by atoms with van der Waals surface area (Å²) in [7, 11) is 0. The minimum absolute atomic E-state index is 0. The van der Waals surface area contributed by atoms with Gasteiger partial charge in [0.05, 0.1) is 11.1 Å². The summed E-state index contributed by atoms with van der Waals surface area (Å²) >= 11 is 12.5. The van der Waals surface area contributed by atoms with Gasteiger partial charge in [-0.2, -0.15) is 10.2 Å². The van der Waals surface area contributed by atoms with Gasteiger partial charge in [-0.3, -0.25) is 0 Å². The van der Waals surface area contributed by atoms with E-state index in [1.54, 1.807) is 59.9 Å². The number of rotatable bonds is 9. The number of nitrogen functional groups attached to an aromatic ring is 2. The Labute approximate surface area is 422 Å². The molecule has 15 nitrogen and oxygen atoms in total. The monoisotopic (exact) mass is 1160 g/mol. The highest BCUT2D eigenvalue weighted by Gasteiger charge is 2.25. The van der Waals surface area contributed by atoms with E-state index in [1.807, 2.05) is 42.9 Å². The van der Waals surface area contributed by atoms with Crippen LogP contribution in [0.1, 0.15) is 83.1 Å². The first kappa shape index (κ1) is 55.3. The molecule has 0 aliphatic heterocycles. The highest BCUT2D eigenvalue weighted by Crippen LogP contribution is 2.27. The molecule has 8 N–H and O–H groups in total. The second kappa shape index (κ2) is 26.4. The zero-order valence-corrected chi connectivity index (χ0v) is 43.5. The largest absolute Gasteiger partial charge is 1.00 e. The molecule has 2 aromatic carbocycles. The number of benzene rings is 2. The second-order valence-electron chi connectivity index (χ2n) is 14.7. The Morgan fingerprint density at radius 1 is 0.606 bits per heavy atom. The fourth-order valence-corrected chi connectivity index (χ4v) is 7.02. The van der Waals surface area contributed by atoms with E-state index in [4.69, 9.17) is 34.5 Å². The fraction of sp³-hybridized carbons (Fsp3) is 0.289. The zero-order chi connectivity index (χ0) is 47.7. The first-order chi connectivity index (χ1) is 30.9. The van der Waals surface area contributed by atoms with Crippen molar-refractivity contribution >= 4 is 72.2 Å². The predicted molar refractivity (Wildman–Crippen MR) is 262 cm³/mol. The van der Waals surface area contributed by atoms with Gasteiger partial charge >= 0.3 is 0 Å². The Bertz CT molecular complexity index is 2470. The molecule has 352 valence electrons. The molecule has 0 bridgehead atoms. The first-order valence-electron chi connectivity index (χ1n) is 20.6. The molecular weight excluding hydrogens is 1110 g/mol. The third-order valence-electron chi connectivity index (χ3n) is 9.88. The molecule has 0 saturated carbocycles. The molecule has 2 atom stereocenters. The van der Waals surface area contributed by atoms with E-state index in [-0.39, 0.29) is 47.5 Å². The van der Waals surface area contributed by atoms with E-state index >= 15 is 0 Å². The third kappa shape index (κ3) is 15.5. The van der Waals surface area contributed by atoms with Crippen LogP contribution in [-0.2, 0) is 11.1 Å². The lowest BCUT2D eigenvalue weighted by Crippen LogP contribution is -3.00. The van der Waals surface area contributed by atoms with Crippen LogP contribution in [0.3, 0.4) is 0 Å². The number of hydrogen-bond donors (Lipinski definition) is 4. The van der Waals surface area contributed by atoms with Crippen molar-refractivity contribution in [3.05, 3.63) is 158 Å². The maximum absolute atomic E-state index is 12.8. The summed E-state index contributed by atoms with van der Waals surface area (Å²) in [5.74, 6) is 0.796. The molecule has 8 rings (SSSR count). The SMILES string of the molecule is CCCCC.CCN(CC)c1ncnn2cc(Br)cc12.C[C@](N)(c1ccc(F)cc1)c1cnc(N)nc1.C[C@](N)(c1ccc(F)cc1)c1cnc(N)nc1.Clc1ncnn2cc(Br)cc12.[I-]. The summed E-state index contributed by atoms with van der Waals surface area (Å²) in [6.45, 7) is 14.2. The van der Waals surface area contributed by atoms with E-state index in [0.717, 1.165) is 61.1 Å². The second-order valence-corrected chi connectivity index (χ2v) is 16.9. The summed E-state index contributed by atoms with van der Waals surface area (Å²) in [6, 6.07) is 16.0. The number of hydrogen-bond acceptors (Lipinski definition) is 13. The Morgan fingerprint density at radius 3 is 1.35 bits per heavy atom. The summed E-state index contributed by atoms with van der Waals surface area (Å²) in [6.07, 6.45) is 17.1. The Balaban J connectivity index is 0.000000226.